The van der Waals surface area contributed by atoms with Gasteiger partial charge in [-0.15, -0.1) is 0 Å². The second kappa shape index (κ2) is 7.59. The molecule has 0 aliphatic carbocycles. The fourth-order valence-electron chi connectivity index (χ4n) is 2.97. The number of carbonyl (C=O) groups is 2. The molecule has 2 heterocycles. The van der Waals surface area contributed by atoms with Gasteiger partial charge in [-0.3, -0.25) is 14.9 Å². The number of carbonyl (C=O) groups excluding carboxylic acids is 2. The largest absolute Gasteiger partial charge is 0.394 e. The predicted molar refractivity (Wildman–Crippen MR) is 75.1 cm³/mol. The third-order valence-electron chi connectivity index (χ3n) is 4.17. The van der Waals surface area contributed by atoms with E-state index in [0.717, 1.165) is 45.2 Å². The zero-order valence-electron chi connectivity index (χ0n) is 12.0. The third kappa shape index (κ3) is 3.93. The summed E-state index contributed by atoms with van der Waals surface area (Å²) < 4.78 is 0. The topological polar surface area (TPSA) is 72.9 Å². The minimum atomic E-state index is -0.0488. The molecule has 2 N–H and O–H groups in total. The van der Waals surface area contributed by atoms with Crippen molar-refractivity contribution in [2.45, 2.75) is 38.1 Å². The third-order valence-corrected chi connectivity index (χ3v) is 4.17. The van der Waals surface area contributed by atoms with E-state index < -0.39 is 0 Å². The highest BCUT2D eigenvalue weighted by molar-refractivity contribution is 5.81. The summed E-state index contributed by atoms with van der Waals surface area (Å²) in [6.07, 6.45) is 5.09. The van der Waals surface area contributed by atoms with Crippen LogP contribution in [0.5, 0.6) is 0 Å². The Labute approximate surface area is 120 Å². The lowest BCUT2D eigenvalue weighted by molar-refractivity contribution is -0.135. The maximum atomic E-state index is 12.1. The first-order chi connectivity index (χ1) is 9.72. The summed E-state index contributed by atoms with van der Waals surface area (Å²) >= 11 is 0. The van der Waals surface area contributed by atoms with Crippen LogP contribution in [0.1, 0.15) is 32.1 Å². The van der Waals surface area contributed by atoms with Gasteiger partial charge in [-0.05, 0) is 32.1 Å². The van der Waals surface area contributed by atoms with E-state index in [2.05, 4.69) is 5.32 Å². The lowest BCUT2D eigenvalue weighted by Crippen LogP contribution is -2.49. The van der Waals surface area contributed by atoms with E-state index in [1.807, 2.05) is 4.90 Å². The first kappa shape index (κ1) is 15.3. The molecule has 0 aromatic heterocycles. The smallest absolute Gasteiger partial charge is 0.236 e. The summed E-state index contributed by atoms with van der Waals surface area (Å²) in [6.45, 7) is 2.82. The molecule has 114 valence electrons. The van der Waals surface area contributed by atoms with Crippen molar-refractivity contribution in [3.8, 4) is 0 Å². The van der Waals surface area contributed by atoms with Crippen molar-refractivity contribution in [1.82, 2.24) is 15.1 Å². The number of piperidine rings is 1. The molecular formula is C14H25N3O3. The molecule has 2 rings (SSSR count). The predicted octanol–water partition coefficient (Wildman–Crippen LogP) is -0.428. The number of hydrogen-bond acceptors (Lipinski definition) is 4. The zero-order chi connectivity index (χ0) is 14.4. The van der Waals surface area contributed by atoms with Crippen LogP contribution < -0.4 is 5.32 Å². The van der Waals surface area contributed by atoms with Gasteiger partial charge in [0.05, 0.1) is 25.7 Å². The number of hydrogen-bond donors (Lipinski definition) is 2. The molecule has 2 fully saturated rings. The summed E-state index contributed by atoms with van der Waals surface area (Å²) in [7, 11) is 0. The van der Waals surface area contributed by atoms with E-state index in [0.29, 0.717) is 6.54 Å². The average molecular weight is 283 g/mol. The summed E-state index contributed by atoms with van der Waals surface area (Å²) in [6, 6.07) is -0.0488. The van der Waals surface area contributed by atoms with Crippen LogP contribution in [0.25, 0.3) is 0 Å². The van der Waals surface area contributed by atoms with Gasteiger partial charge in [-0.1, -0.05) is 0 Å². The molecule has 0 bridgehead atoms. The van der Waals surface area contributed by atoms with Crippen molar-refractivity contribution in [3.63, 3.8) is 0 Å². The molecule has 2 aliphatic heterocycles. The molecule has 2 saturated heterocycles. The summed E-state index contributed by atoms with van der Waals surface area (Å²) in [5, 5.41) is 12.2. The molecule has 2 amide bonds. The fourth-order valence-corrected chi connectivity index (χ4v) is 2.97. The van der Waals surface area contributed by atoms with Gasteiger partial charge in [0, 0.05) is 19.6 Å². The van der Waals surface area contributed by atoms with Crippen molar-refractivity contribution < 1.29 is 14.7 Å². The summed E-state index contributed by atoms with van der Waals surface area (Å²) in [4.78, 5) is 27.5. The quantitative estimate of drug-likeness (QED) is 0.718. The standard InChI is InChI=1S/C14H25N3O3/c18-11-12-5-1-2-8-17(12)14(20)10-15-9-13(19)16-6-3-4-7-16/h12,15,18H,1-11H2. The van der Waals surface area contributed by atoms with Gasteiger partial charge < -0.3 is 14.9 Å². The van der Waals surface area contributed by atoms with Crippen LogP contribution in [0.3, 0.4) is 0 Å². The monoisotopic (exact) mass is 283 g/mol. The van der Waals surface area contributed by atoms with Gasteiger partial charge >= 0.3 is 0 Å². The maximum absolute atomic E-state index is 12.1. The lowest BCUT2D eigenvalue weighted by Gasteiger charge is -2.34. The number of aliphatic hydroxyl groups is 1. The molecule has 0 radical (unpaired) electrons. The molecular weight excluding hydrogens is 258 g/mol. The van der Waals surface area contributed by atoms with Crippen molar-refractivity contribution in [2.75, 3.05) is 39.3 Å². The molecule has 6 nitrogen and oxygen atoms in total. The Morgan fingerprint density at radius 1 is 1.00 bits per heavy atom. The molecule has 2 aliphatic rings. The SMILES string of the molecule is O=C(CNCC(=O)N1CCCCC1CO)N1CCCC1. The average Bonchev–Trinajstić information content (AvgIpc) is 3.01. The van der Waals surface area contributed by atoms with E-state index in [-0.39, 0.29) is 37.6 Å². The highest BCUT2D eigenvalue weighted by atomic mass is 16.3. The molecule has 1 unspecified atom stereocenters. The summed E-state index contributed by atoms with van der Waals surface area (Å²) in [5.74, 6) is 0.0608. The van der Waals surface area contributed by atoms with Gasteiger partial charge in [0.25, 0.3) is 0 Å². The van der Waals surface area contributed by atoms with Gasteiger partial charge in [0.15, 0.2) is 0 Å². The Hall–Kier alpha value is -1.14. The first-order valence-electron chi connectivity index (χ1n) is 7.61. The van der Waals surface area contributed by atoms with Crippen molar-refractivity contribution in [3.05, 3.63) is 0 Å². The fraction of sp³-hybridized carbons (Fsp3) is 0.857. The summed E-state index contributed by atoms with van der Waals surface area (Å²) in [5.41, 5.74) is 0. The number of nitrogens with one attached hydrogen (secondary N) is 1. The zero-order valence-corrected chi connectivity index (χ0v) is 12.0. The molecule has 1 atom stereocenters. The van der Waals surface area contributed by atoms with Gasteiger partial charge in [-0.25, -0.2) is 0 Å². The van der Waals surface area contributed by atoms with Crippen LogP contribution >= 0.6 is 0 Å². The Morgan fingerprint density at radius 2 is 1.65 bits per heavy atom. The number of amides is 2. The molecule has 20 heavy (non-hydrogen) atoms. The van der Waals surface area contributed by atoms with Crippen LogP contribution in [-0.4, -0.2) is 72.1 Å². The van der Waals surface area contributed by atoms with E-state index in [1.165, 1.54) is 0 Å². The number of nitrogens with zero attached hydrogens (tertiary/aromatic N) is 2. The number of aliphatic hydroxyl groups excluding tert-OH is 1. The second-order valence-electron chi connectivity index (χ2n) is 5.61. The minimum Gasteiger partial charge on any atom is -0.394 e. The lowest BCUT2D eigenvalue weighted by atomic mass is 10.0. The minimum absolute atomic E-state index is 0.0158. The Kier molecular flexibility index (Phi) is 5.79. The van der Waals surface area contributed by atoms with Crippen molar-refractivity contribution >= 4 is 11.8 Å². The van der Waals surface area contributed by atoms with Crippen LogP contribution in [0.15, 0.2) is 0 Å². The Balaban J connectivity index is 1.69. The van der Waals surface area contributed by atoms with Crippen LogP contribution in [0.4, 0.5) is 0 Å². The van der Waals surface area contributed by atoms with E-state index in [1.54, 1.807) is 4.90 Å². The highest BCUT2D eigenvalue weighted by Crippen LogP contribution is 2.16. The highest BCUT2D eigenvalue weighted by Gasteiger charge is 2.26. The first-order valence-corrected chi connectivity index (χ1v) is 7.61. The molecule has 0 aromatic rings. The van der Waals surface area contributed by atoms with Gasteiger partial charge in [0.1, 0.15) is 0 Å². The van der Waals surface area contributed by atoms with Crippen LogP contribution in [-0.2, 0) is 9.59 Å². The van der Waals surface area contributed by atoms with E-state index in [9.17, 15) is 14.7 Å². The Bertz CT molecular complexity index is 343. The number of likely N-dealkylation sites (tertiary alicyclic amines) is 2. The van der Waals surface area contributed by atoms with E-state index >= 15 is 0 Å². The van der Waals surface area contributed by atoms with Crippen molar-refractivity contribution in [2.24, 2.45) is 0 Å². The molecule has 0 saturated carbocycles. The van der Waals surface area contributed by atoms with Gasteiger partial charge in [0.2, 0.25) is 11.8 Å². The van der Waals surface area contributed by atoms with Crippen molar-refractivity contribution in [1.29, 1.82) is 0 Å². The second-order valence-corrected chi connectivity index (χ2v) is 5.61. The number of rotatable bonds is 5. The normalized spacial score (nSPS) is 23.1. The van der Waals surface area contributed by atoms with Gasteiger partial charge in [-0.2, -0.15) is 0 Å². The molecule has 0 spiro atoms. The van der Waals surface area contributed by atoms with Crippen LogP contribution in [0, 0.1) is 0 Å². The Morgan fingerprint density at radius 3 is 2.35 bits per heavy atom. The molecule has 0 aromatic carbocycles. The van der Waals surface area contributed by atoms with E-state index in [4.69, 9.17) is 0 Å². The maximum Gasteiger partial charge on any atom is 0.236 e. The van der Waals surface area contributed by atoms with Crippen LogP contribution in [0.2, 0.25) is 0 Å². The molecule has 6 heteroatoms.